The van der Waals surface area contributed by atoms with E-state index in [0.717, 1.165) is 10.5 Å². The average molecular weight is 415 g/mol. The molecule has 1 saturated heterocycles. The highest BCUT2D eigenvalue weighted by Gasteiger charge is 2.57. The van der Waals surface area contributed by atoms with Crippen LogP contribution in [0.25, 0.3) is 0 Å². The van der Waals surface area contributed by atoms with E-state index >= 15 is 0 Å². The number of hydrogen-bond donors (Lipinski definition) is 0. The predicted octanol–water partition coefficient (Wildman–Crippen LogP) is 3.62. The van der Waals surface area contributed by atoms with Crippen LogP contribution in [0.1, 0.15) is 5.56 Å². The fourth-order valence-corrected chi connectivity index (χ4v) is 4.05. The van der Waals surface area contributed by atoms with Crippen LogP contribution < -0.4 is 14.6 Å². The van der Waals surface area contributed by atoms with Crippen LogP contribution in [0.15, 0.2) is 84.0 Å². The zero-order valence-corrected chi connectivity index (χ0v) is 16.6. The Morgan fingerprint density at radius 2 is 1.52 bits per heavy atom. The van der Waals surface area contributed by atoms with Crippen LogP contribution in [0, 0.1) is 11.7 Å². The number of methoxy groups -OCH3 is 1. The number of carbonyl (C=O) groups excluding carboxylic acids is 2. The summed E-state index contributed by atoms with van der Waals surface area (Å²) in [4.78, 5) is 28.0. The second-order valence-electron chi connectivity index (χ2n) is 7.30. The molecule has 0 unspecified atom stereocenters. The highest BCUT2D eigenvalue weighted by molar-refractivity contribution is 6.34. The number of rotatable bonds is 4. The highest BCUT2D eigenvalue weighted by Crippen LogP contribution is 2.39. The van der Waals surface area contributed by atoms with Gasteiger partial charge in [-0.2, -0.15) is 5.10 Å². The lowest BCUT2D eigenvalue weighted by atomic mass is 9.93. The van der Waals surface area contributed by atoms with E-state index in [2.05, 4.69) is 0 Å². The maximum absolute atomic E-state index is 13.4. The Labute approximate surface area is 178 Å². The van der Waals surface area contributed by atoms with Gasteiger partial charge in [-0.25, -0.2) is 9.29 Å². The number of hydrogen-bond acceptors (Lipinski definition) is 5. The van der Waals surface area contributed by atoms with Crippen molar-refractivity contribution in [2.45, 2.75) is 6.04 Å². The molecule has 0 spiro atoms. The number of benzene rings is 3. The van der Waals surface area contributed by atoms with Gasteiger partial charge in [-0.1, -0.05) is 18.2 Å². The zero-order chi connectivity index (χ0) is 21.5. The minimum absolute atomic E-state index is 0.341. The number of imide groups is 1. The SMILES string of the molecule is COc1ccc(C2=NN(c3ccccc3)[C@H]3C(=O)N(c4ccc(F)cc4)C(=O)[C@@H]23)cc1. The standard InChI is InChI=1S/C24H18FN3O3/c1-31-19-13-7-15(8-14-19)21-20-22(28(26-21)18-5-3-2-4-6-18)24(30)27(23(20)29)17-11-9-16(25)10-12-17/h2-14,20,22H,1H3/t20-,22+/m0/s1. The van der Waals surface area contributed by atoms with Gasteiger partial charge in [0.1, 0.15) is 23.5 Å². The summed E-state index contributed by atoms with van der Waals surface area (Å²) < 4.78 is 18.6. The fourth-order valence-electron chi connectivity index (χ4n) is 4.05. The lowest BCUT2D eigenvalue weighted by molar-refractivity contribution is -0.121. The van der Waals surface area contributed by atoms with Gasteiger partial charge in [0.15, 0.2) is 0 Å². The van der Waals surface area contributed by atoms with Gasteiger partial charge in [-0.3, -0.25) is 14.6 Å². The minimum atomic E-state index is -0.808. The van der Waals surface area contributed by atoms with Gasteiger partial charge in [0.2, 0.25) is 5.91 Å². The molecule has 0 bridgehead atoms. The first-order valence-corrected chi connectivity index (χ1v) is 9.79. The Hall–Kier alpha value is -4.00. The molecule has 0 saturated carbocycles. The summed E-state index contributed by atoms with van der Waals surface area (Å²) in [5.41, 5.74) is 2.30. The molecule has 0 aliphatic carbocycles. The number of anilines is 2. The van der Waals surface area contributed by atoms with Crippen molar-refractivity contribution in [3.8, 4) is 5.75 Å². The number of nitrogens with zero attached hydrogens (tertiary/aromatic N) is 3. The number of hydrazone groups is 1. The van der Waals surface area contributed by atoms with E-state index in [1.54, 1.807) is 24.3 Å². The van der Waals surface area contributed by atoms with Crippen molar-refractivity contribution in [2.24, 2.45) is 11.0 Å². The first-order chi connectivity index (χ1) is 15.1. The first-order valence-electron chi connectivity index (χ1n) is 9.79. The number of para-hydroxylation sites is 1. The van der Waals surface area contributed by atoms with Crippen LogP contribution in [0.3, 0.4) is 0 Å². The molecule has 1 fully saturated rings. The largest absolute Gasteiger partial charge is 0.497 e. The van der Waals surface area contributed by atoms with Gasteiger partial charge < -0.3 is 4.74 Å². The van der Waals surface area contributed by atoms with Crippen molar-refractivity contribution in [2.75, 3.05) is 17.0 Å². The van der Waals surface area contributed by atoms with E-state index in [9.17, 15) is 14.0 Å². The number of ether oxygens (including phenoxy) is 1. The van der Waals surface area contributed by atoms with Crippen molar-refractivity contribution in [1.29, 1.82) is 0 Å². The zero-order valence-electron chi connectivity index (χ0n) is 16.6. The van der Waals surface area contributed by atoms with Gasteiger partial charge in [0, 0.05) is 0 Å². The molecule has 3 aromatic rings. The van der Waals surface area contributed by atoms with Crippen LogP contribution in [0.4, 0.5) is 15.8 Å². The normalized spacial score (nSPS) is 20.1. The molecule has 6 nitrogen and oxygen atoms in total. The molecule has 154 valence electrons. The summed E-state index contributed by atoms with van der Waals surface area (Å²) in [5.74, 6) is -1.30. The van der Waals surface area contributed by atoms with Gasteiger partial charge >= 0.3 is 0 Å². The van der Waals surface area contributed by atoms with E-state index in [1.165, 1.54) is 24.3 Å². The maximum atomic E-state index is 13.4. The van der Waals surface area contributed by atoms with Crippen LogP contribution in [-0.2, 0) is 9.59 Å². The lowest BCUT2D eigenvalue weighted by Crippen LogP contribution is -2.39. The molecular formula is C24H18FN3O3. The van der Waals surface area contributed by atoms with Gasteiger partial charge in [0.05, 0.1) is 24.2 Å². The molecule has 7 heteroatoms. The molecule has 2 amide bonds. The van der Waals surface area contributed by atoms with Crippen molar-refractivity contribution >= 4 is 28.9 Å². The van der Waals surface area contributed by atoms with E-state index < -0.39 is 23.7 Å². The summed E-state index contributed by atoms with van der Waals surface area (Å²) in [7, 11) is 1.58. The van der Waals surface area contributed by atoms with Crippen LogP contribution in [0.5, 0.6) is 5.75 Å². The third-order valence-corrected chi connectivity index (χ3v) is 5.54. The minimum Gasteiger partial charge on any atom is -0.497 e. The molecule has 0 N–H and O–H groups in total. The predicted molar refractivity (Wildman–Crippen MR) is 115 cm³/mol. The molecule has 2 heterocycles. The number of carbonyl (C=O) groups is 2. The molecule has 2 atom stereocenters. The number of halogens is 1. The summed E-state index contributed by atoms with van der Waals surface area (Å²) in [6.45, 7) is 0. The molecule has 31 heavy (non-hydrogen) atoms. The summed E-state index contributed by atoms with van der Waals surface area (Å²) in [6, 6.07) is 21.0. The molecule has 0 radical (unpaired) electrons. The molecule has 0 aromatic heterocycles. The second-order valence-corrected chi connectivity index (χ2v) is 7.30. The Morgan fingerprint density at radius 1 is 0.839 bits per heavy atom. The topological polar surface area (TPSA) is 62.2 Å². The van der Waals surface area contributed by atoms with Crippen LogP contribution in [-0.4, -0.2) is 30.7 Å². The van der Waals surface area contributed by atoms with Crippen molar-refractivity contribution in [3.05, 3.63) is 90.2 Å². The summed E-state index contributed by atoms with van der Waals surface area (Å²) in [6.07, 6.45) is 0. The second kappa shape index (κ2) is 7.36. The Bertz CT molecular complexity index is 1180. The van der Waals surface area contributed by atoms with Crippen molar-refractivity contribution < 1.29 is 18.7 Å². The van der Waals surface area contributed by atoms with Crippen LogP contribution in [0.2, 0.25) is 0 Å². The van der Waals surface area contributed by atoms with Gasteiger partial charge in [-0.05, 0) is 66.2 Å². The highest BCUT2D eigenvalue weighted by atomic mass is 19.1. The average Bonchev–Trinajstić information content (AvgIpc) is 3.32. The third kappa shape index (κ3) is 3.06. The molecule has 2 aliphatic heterocycles. The molecule has 2 aliphatic rings. The maximum Gasteiger partial charge on any atom is 0.259 e. The molecule has 3 aromatic carbocycles. The quantitative estimate of drug-likeness (QED) is 0.611. The smallest absolute Gasteiger partial charge is 0.259 e. The Balaban J connectivity index is 1.61. The van der Waals surface area contributed by atoms with E-state index in [0.29, 0.717) is 22.8 Å². The van der Waals surface area contributed by atoms with E-state index in [1.807, 2.05) is 42.5 Å². The van der Waals surface area contributed by atoms with Gasteiger partial charge in [-0.15, -0.1) is 0 Å². The number of fused-ring (bicyclic) bond motifs is 1. The van der Waals surface area contributed by atoms with Crippen molar-refractivity contribution in [1.82, 2.24) is 0 Å². The molecular weight excluding hydrogens is 397 g/mol. The van der Waals surface area contributed by atoms with Crippen molar-refractivity contribution in [3.63, 3.8) is 0 Å². The van der Waals surface area contributed by atoms with Crippen LogP contribution >= 0.6 is 0 Å². The Kier molecular flexibility index (Phi) is 4.51. The monoisotopic (exact) mass is 415 g/mol. The van der Waals surface area contributed by atoms with E-state index in [-0.39, 0.29) is 5.91 Å². The molecule has 5 rings (SSSR count). The number of amides is 2. The fraction of sp³-hybridized carbons (Fsp3) is 0.125. The lowest BCUT2D eigenvalue weighted by Gasteiger charge is -2.22. The van der Waals surface area contributed by atoms with Gasteiger partial charge in [0.25, 0.3) is 5.91 Å². The summed E-state index contributed by atoms with van der Waals surface area (Å²) >= 11 is 0. The first kappa shape index (κ1) is 19.0. The Morgan fingerprint density at radius 3 is 2.16 bits per heavy atom. The summed E-state index contributed by atoms with van der Waals surface area (Å²) in [5, 5.41) is 6.30. The van der Waals surface area contributed by atoms with E-state index in [4.69, 9.17) is 9.84 Å². The third-order valence-electron chi connectivity index (χ3n) is 5.54.